The Labute approximate surface area is 224 Å². The fraction of sp³-hybridized carbons (Fsp3) is 0.258. The summed E-state index contributed by atoms with van der Waals surface area (Å²) in [6, 6.07) is 27.8. The van der Waals surface area contributed by atoms with Crippen molar-refractivity contribution >= 4 is 6.58 Å². The number of benzene rings is 3. The summed E-state index contributed by atoms with van der Waals surface area (Å²) in [6.07, 6.45) is 17.7. The van der Waals surface area contributed by atoms with Crippen molar-refractivity contribution < 1.29 is 45.8 Å². The molecule has 0 nitrogen and oxygen atoms in total. The Morgan fingerprint density at radius 3 is 2.12 bits per heavy atom. The van der Waals surface area contributed by atoms with Gasteiger partial charge in [0.1, 0.15) is 0 Å². The molecule has 0 spiro atoms. The Morgan fingerprint density at radius 2 is 1.35 bits per heavy atom. The molecule has 0 N–H and O–H groups in total. The first-order chi connectivity index (χ1) is 15.9. The van der Waals surface area contributed by atoms with Gasteiger partial charge in [-0.05, 0) is 0 Å². The van der Waals surface area contributed by atoms with E-state index in [2.05, 4.69) is 97.1 Å². The van der Waals surface area contributed by atoms with Crippen LogP contribution in [-0.2, 0) is 27.4 Å². The van der Waals surface area contributed by atoms with Crippen LogP contribution in [0.15, 0.2) is 97.1 Å². The van der Waals surface area contributed by atoms with Gasteiger partial charge in [0.25, 0.3) is 0 Å². The van der Waals surface area contributed by atoms with E-state index in [4.69, 9.17) is 0 Å². The van der Waals surface area contributed by atoms with Crippen molar-refractivity contribution in [3.8, 4) is 11.1 Å². The summed E-state index contributed by atoms with van der Waals surface area (Å²) in [5.74, 6) is 0.774. The smallest absolute Gasteiger partial charge is 1.00 e. The van der Waals surface area contributed by atoms with E-state index < -0.39 is 21.0 Å². The molecule has 6 rings (SSSR count). The Balaban J connectivity index is 0.00000137. The monoisotopic (exact) mass is 652 g/mol. The fourth-order valence-corrected chi connectivity index (χ4v) is 19.3. The topological polar surface area (TPSA) is 0 Å². The van der Waals surface area contributed by atoms with E-state index >= 15 is 0 Å². The Kier molecular flexibility index (Phi) is 8.61. The van der Waals surface area contributed by atoms with Crippen molar-refractivity contribution in [1.29, 1.82) is 0 Å². The average molecular weight is 652 g/mol. The summed E-state index contributed by atoms with van der Waals surface area (Å²) in [4.78, 5) is 0. The van der Waals surface area contributed by atoms with Crippen LogP contribution in [0.4, 0.5) is 0 Å². The molecule has 0 radical (unpaired) electrons. The SMILES string of the molecule is C1=C[CH]([Hf+2](=[C](c2ccccc2)C2CCCCC2)[c]2cccc3c2Cc2ccccc2-3)C=C1.[Cl-].[Cl-]. The summed E-state index contributed by atoms with van der Waals surface area (Å²) in [6.45, 7) is 0. The van der Waals surface area contributed by atoms with Crippen LogP contribution in [0, 0.1) is 5.92 Å². The molecule has 3 aromatic rings. The van der Waals surface area contributed by atoms with Gasteiger partial charge >= 0.3 is 201 Å². The minimum Gasteiger partial charge on any atom is -1.00 e. The number of hydrogen-bond donors (Lipinski definition) is 0. The molecule has 1 fully saturated rings. The molecule has 0 aromatic heterocycles. The molecule has 1 saturated carbocycles. The summed E-state index contributed by atoms with van der Waals surface area (Å²) < 4.78 is 4.29. The Morgan fingerprint density at radius 1 is 0.676 bits per heavy atom. The molecule has 0 unspecified atom stereocenters. The van der Waals surface area contributed by atoms with Gasteiger partial charge in [0.2, 0.25) is 0 Å². The average Bonchev–Trinajstić information content (AvgIpc) is 3.52. The standard InChI is InChI=1S/C13H9.C13H16.C5H5.2ClH.Hf/c1-3-7-12-10(5-1)9-11-6-2-4-8-13(11)12;1-3-7-12(8-4-1)11-13-9-5-2-6-10-13;1-2-4-5-3-1;;;/h1-5,7-8H,9H2;1,3-4,7-8,13H,2,5-6,9-10H2;1-5H;2*1H;/q;;;;;+2/p-2. The maximum atomic E-state index is 2.53. The third-order valence-electron chi connectivity index (χ3n) is 7.61. The fourth-order valence-electron chi connectivity index (χ4n) is 6.16. The Bertz CT molecular complexity index is 1220. The number of rotatable bonds is 4. The number of allylic oxidation sites excluding steroid dienone is 4. The van der Waals surface area contributed by atoms with Gasteiger partial charge in [-0.25, -0.2) is 0 Å². The molecule has 0 heterocycles. The third kappa shape index (κ3) is 4.77. The van der Waals surface area contributed by atoms with Crippen LogP contribution in [0.2, 0.25) is 3.67 Å². The first-order valence-electron chi connectivity index (χ1n) is 12.2. The van der Waals surface area contributed by atoms with Crippen LogP contribution in [0.1, 0.15) is 48.8 Å². The minimum atomic E-state index is -2.50. The third-order valence-corrected chi connectivity index (χ3v) is 19.7. The molecule has 3 aromatic carbocycles. The maximum Gasteiger partial charge on any atom is -1.00 e. The zero-order valence-corrected chi connectivity index (χ0v) is 24.5. The van der Waals surface area contributed by atoms with Gasteiger partial charge in [-0.1, -0.05) is 0 Å². The van der Waals surface area contributed by atoms with Crippen LogP contribution in [0.25, 0.3) is 11.1 Å². The van der Waals surface area contributed by atoms with Crippen molar-refractivity contribution in [3.63, 3.8) is 0 Å². The van der Waals surface area contributed by atoms with E-state index in [9.17, 15) is 0 Å². The second kappa shape index (κ2) is 11.5. The van der Waals surface area contributed by atoms with E-state index in [-0.39, 0.29) is 24.8 Å². The van der Waals surface area contributed by atoms with Crippen LogP contribution < -0.4 is 28.1 Å². The van der Waals surface area contributed by atoms with Crippen molar-refractivity contribution in [3.05, 3.63) is 114 Å². The van der Waals surface area contributed by atoms with E-state index in [1.807, 2.05) is 3.26 Å². The molecule has 172 valence electrons. The van der Waals surface area contributed by atoms with Crippen molar-refractivity contribution in [2.24, 2.45) is 5.92 Å². The molecule has 0 atom stereocenters. The van der Waals surface area contributed by atoms with Crippen molar-refractivity contribution in [2.75, 3.05) is 0 Å². The van der Waals surface area contributed by atoms with Crippen LogP contribution in [-0.4, -0.2) is 3.26 Å². The molecular formula is C31H30Cl2Hf. The molecule has 34 heavy (non-hydrogen) atoms. The van der Waals surface area contributed by atoms with Gasteiger partial charge in [-0.2, -0.15) is 0 Å². The number of halogens is 2. The summed E-state index contributed by atoms with van der Waals surface area (Å²) in [5.41, 5.74) is 7.67. The molecule has 3 heteroatoms. The molecular weight excluding hydrogens is 622 g/mol. The van der Waals surface area contributed by atoms with Crippen molar-refractivity contribution in [1.82, 2.24) is 0 Å². The van der Waals surface area contributed by atoms with Crippen LogP contribution in [0.5, 0.6) is 0 Å². The second-order valence-electron chi connectivity index (χ2n) is 9.49. The molecule has 3 aliphatic rings. The summed E-state index contributed by atoms with van der Waals surface area (Å²) in [5, 5.41) is 0. The zero-order valence-electron chi connectivity index (χ0n) is 19.4. The molecule has 0 bridgehead atoms. The zero-order chi connectivity index (χ0) is 21.3. The number of hydrogen-bond acceptors (Lipinski definition) is 0. The molecule has 0 aliphatic heterocycles. The summed E-state index contributed by atoms with van der Waals surface area (Å²) in [7, 11) is 0. The van der Waals surface area contributed by atoms with Gasteiger partial charge < -0.3 is 24.8 Å². The molecule has 0 saturated heterocycles. The van der Waals surface area contributed by atoms with E-state index in [1.165, 1.54) is 48.8 Å². The quantitative estimate of drug-likeness (QED) is 0.292. The van der Waals surface area contributed by atoms with Crippen LogP contribution in [0.3, 0.4) is 0 Å². The molecule has 0 amide bonds. The van der Waals surface area contributed by atoms with Gasteiger partial charge in [-0.15, -0.1) is 0 Å². The van der Waals surface area contributed by atoms with Gasteiger partial charge in [-0.3, -0.25) is 0 Å². The predicted octanol–water partition coefficient (Wildman–Crippen LogP) is 1.22. The number of fused-ring (bicyclic) bond motifs is 3. The van der Waals surface area contributed by atoms with E-state index in [0.29, 0.717) is 3.67 Å². The molecule has 3 aliphatic carbocycles. The van der Waals surface area contributed by atoms with E-state index in [1.54, 1.807) is 14.4 Å². The Hall–Kier alpha value is -1.54. The normalized spacial score (nSPS) is 16.9. The largest absolute Gasteiger partial charge is 1.00 e. The maximum absolute atomic E-state index is 2.53. The van der Waals surface area contributed by atoms with Crippen molar-refractivity contribution in [2.45, 2.75) is 42.2 Å². The first-order valence-corrected chi connectivity index (χ1v) is 17.9. The van der Waals surface area contributed by atoms with Crippen LogP contribution >= 0.6 is 0 Å². The van der Waals surface area contributed by atoms with E-state index in [0.717, 1.165) is 12.3 Å². The summed E-state index contributed by atoms with van der Waals surface area (Å²) >= 11 is -2.50. The minimum absolute atomic E-state index is 0. The second-order valence-corrected chi connectivity index (χ2v) is 18.7. The van der Waals surface area contributed by atoms with Gasteiger partial charge in [0, 0.05) is 0 Å². The van der Waals surface area contributed by atoms with Gasteiger partial charge in [0.05, 0.1) is 0 Å². The predicted molar refractivity (Wildman–Crippen MR) is 133 cm³/mol. The first kappa shape index (κ1) is 25.5. The van der Waals surface area contributed by atoms with Gasteiger partial charge in [0.15, 0.2) is 0 Å².